The van der Waals surface area contributed by atoms with Gasteiger partial charge in [0, 0.05) is 29.7 Å². The van der Waals surface area contributed by atoms with Gasteiger partial charge in [-0.05, 0) is 61.6 Å². The van der Waals surface area contributed by atoms with E-state index in [0.717, 1.165) is 6.54 Å². The summed E-state index contributed by atoms with van der Waals surface area (Å²) in [7, 11) is 4.27. The minimum atomic E-state index is 0.233. The lowest BCUT2D eigenvalue weighted by molar-refractivity contribution is 0.137. The Balaban J connectivity index is 2.53. The summed E-state index contributed by atoms with van der Waals surface area (Å²) in [5.74, 6) is 0. The van der Waals surface area contributed by atoms with Crippen molar-refractivity contribution in [2.45, 2.75) is 70.6 Å². The highest BCUT2D eigenvalue weighted by Gasteiger charge is 2.37. The van der Waals surface area contributed by atoms with Crippen LogP contribution in [0.5, 0.6) is 0 Å². The zero-order valence-electron chi connectivity index (χ0n) is 12.7. The fraction of sp³-hybridized carbons (Fsp3) is 1.00. The molecule has 1 aliphatic rings. The molecule has 3 nitrogen and oxygen atoms in total. The van der Waals surface area contributed by atoms with Crippen molar-refractivity contribution in [3.8, 4) is 0 Å². The van der Waals surface area contributed by atoms with E-state index in [1.807, 2.05) is 0 Å². The number of hydrogen-bond donors (Lipinski definition) is 2. The lowest BCUT2D eigenvalue weighted by Gasteiger charge is -2.47. The maximum Gasteiger partial charge on any atom is 0.0169 e. The molecule has 1 aliphatic heterocycles. The zero-order valence-corrected chi connectivity index (χ0v) is 12.7. The Labute approximate surface area is 107 Å². The van der Waals surface area contributed by atoms with Gasteiger partial charge in [0.1, 0.15) is 0 Å². The first-order chi connectivity index (χ1) is 7.60. The van der Waals surface area contributed by atoms with E-state index in [-0.39, 0.29) is 11.1 Å². The third kappa shape index (κ3) is 5.36. The quantitative estimate of drug-likeness (QED) is 0.786. The second kappa shape index (κ2) is 5.25. The van der Waals surface area contributed by atoms with Gasteiger partial charge in [-0.1, -0.05) is 0 Å². The molecule has 3 heteroatoms. The molecule has 1 fully saturated rings. The first-order valence-electron chi connectivity index (χ1n) is 6.80. The van der Waals surface area contributed by atoms with E-state index in [2.05, 4.69) is 64.2 Å². The number of rotatable bonds is 4. The van der Waals surface area contributed by atoms with Crippen molar-refractivity contribution in [3.63, 3.8) is 0 Å². The molecule has 0 aromatic rings. The number of nitrogens with one attached hydrogen (secondary N) is 2. The third-order valence-corrected chi connectivity index (χ3v) is 3.35. The van der Waals surface area contributed by atoms with Crippen LogP contribution in [-0.4, -0.2) is 48.7 Å². The van der Waals surface area contributed by atoms with E-state index < -0.39 is 0 Å². The monoisotopic (exact) mass is 241 g/mol. The number of piperidine rings is 1. The van der Waals surface area contributed by atoms with E-state index in [1.54, 1.807) is 0 Å². The van der Waals surface area contributed by atoms with Crippen molar-refractivity contribution in [1.82, 2.24) is 15.5 Å². The van der Waals surface area contributed by atoms with Crippen LogP contribution in [0.3, 0.4) is 0 Å². The predicted molar refractivity (Wildman–Crippen MR) is 75.5 cm³/mol. The summed E-state index contributed by atoms with van der Waals surface area (Å²) < 4.78 is 0. The van der Waals surface area contributed by atoms with Crippen LogP contribution >= 0.6 is 0 Å². The minimum Gasteiger partial charge on any atom is -0.310 e. The first kappa shape index (κ1) is 14.9. The summed E-state index contributed by atoms with van der Waals surface area (Å²) >= 11 is 0. The fourth-order valence-electron chi connectivity index (χ4n) is 3.44. The highest BCUT2D eigenvalue weighted by Crippen LogP contribution is 2.28. The van der Waals surface area contributed by atoms with Gasteiger partial charge in [0.25, 0.3) is 0 Å². The number of nitrogens with zero attached hydrogens (tertiary/aromatic N) is 1. The van der Waals surface area contributed by atoms with Gasteiger partial charge in [-0.2, -0.15) is 0 Å². The molecule has 2 N–H and O–H groups in total. The van der Waals surface area contributed by atoms with E-state index in [9.17, 15) is 0 Å². The molecular formula is C14H31N3. The van der Waals surface area contributed by atoms with Crippen LogP contribution in [0, 0.1) is 0 Å². The Morgan fingerprint density at radius 1 is 1.18 bits per heavy atom. The van der Waals surface area contributed by atoms with Crippen LogP contribution < -0.4 is 10.6 Å². The molecule has 0 aromatic carbocycles. The molecule has 0 radical (unpaired) electrons. The molecule has 0 aliphatic carbocycles. The molecule has 1 heterocycles. The standard InChI is InChI=1S/C14H31N3/c1-11(10-17(6)7)15-12-8-13(2,3)16-14(4,5)9-12/h11-12,15-16H,8-10H2,1-7H3. The lowest BCUT2D eigenvalue weighted by atomic mass is 9.79. The van der Waals surface area contributed by atoms with Gasteiger partial charge in [-0.15, -0.1) is 0 Å². The molecule has 1 atom stereocenters. The molecule has 0 bridgehead atoms. The van der Waals surface area contributed by atoms with E-state index >= 15 is 0 Å². The Bertz CT molecular complexity index is 230. The van der Waals surface area contributed by atoms with E-state index in [1.165, 1.54) is 12.8 Å². The molecule has 0 spiro atoms. The van der Waals surface area contributed by atoms with Gasteiger partial charge >= 0.3 is 0 Å². The molecule has 17 heavy (non-hydrogen) atoms. The van der Waals surface area contributed by atoms with Crippen LogP contribution in [0.4, 0.5) is 0 Å². The Hall–Kier alpha value is -0.120. The highest BCUT2D eigenvalue weighted by molar-refractivity contribution is 5.00. The van der Waals surface area contributed by atoms with Crippen molar-refractivity contribution in [2.24, 2.45) is 0 Å². The Morgan fingerprint density at radius 3 is 2.06 bits per heavy atom. The summed E-state index contributed by atoms with van der Waals surface area (Å²) in [5, 5.41) is 7.51. The second-order valence-corrected chi connectivity index (χ2v) is 7.33. The highest BCUT2D eigenvalue weighted by atomic mass is 15.1. The summed E-state index contributed by atoms with van der Waals surface area (Å²) in [4.78, 5) is 2.25. The fourth-order valence-corrected chi connectivity index (χ4v) is 3.44. The normalized spacial score (nSPS) is 26.1. The molecule has 1 unspecified atom stereocenters. The van der Waals surface area contributed by atoms with Crippen molar-refractivity contribution in [3.05, 3.63) is 0 Å². The van der Waals surface area contributed by atoms with E-state index in [4.69, 9.17) is 0 Å². The van der Waals surface area contributed by atoms with Crippen molar-refractivity contribution in [1.29, 1.82) is 0 Å². The summed E-state index contributed by atoms with van der Waals surface area (Å²) in [6.07, 6.45) is 2.41. The summed E-state index contributed by atoms with van der Waals surface area (Å²) in [5.41, 5.74) is 0.467. The molecule has 1 rings (SSSR count). The van der Waals surface area contributed by atoms with Crippen LogP contribution in [0.2, 0.25) is 0 Å². The lowest BCUT2D eigenvalue weighted by Crippen LogP contribution is -2.62. The van der Waals surface area contributed by atoms with Crippen molar-refractivity contribution in [2.75, 3.05) is 20.6 Å². The van der Waals surface area contributed by atoms with Gasteiger partial charge in [0.05, 0.1) is 0 Å². The summed E-state index contributed by atoms with van der Waals surface area (Å²) in [6, 6.07) is 1.18. The Kier molecular flexibility index (Phi) is 4.61. The van der Waals surface area contributed by atoms with Crippen LogP contribution in [0.1, 0.15) is 47.5 Å². The van der Waals surface area contributed by atoms with Gasteiger partial charge in [0.2, 0.25) is 0 Å². The molecular weight excluding hydrogens is 210 g/mol. The third-order valence-electron chi connectivity index (χ3n) is 3.35. The molecule has 0 saturated carbocycles. The summed E-state index contributed by atoms with van der Waals surface area (Å²) in [6.45, 7) is 12.6. The number of likely N-dealkylation sites (N-methyl/N-ethyl adjacent to an activating group) is 1. The van der Waals surface area contributed by atoms with Gasteiger partial charge < -0.3 is 15.5 Å². The predicted octanol–water partition coefficient (Wildman–Crippen LogP) is 1.84. The molecule has 0 amide bonds. The first-order valence-corrected chi connectivity index (χ1v) is 6.80. The maximum atomic E-state index is 3.78. The largest absolute Gasteiger partial charge is 0.310 e. The average Bonchev–Trinajstić information content (AvgIpc) is 1.93. The smallest absolute Gasteiger partial charge is 0.0169 e. The molecule has 0 aromatic heterocycles. The van der Waals surface area contributed by atoms with Gasteiger partial charge in [0.15, 0.2) is 0 Å². The topological polar surface area (TPSA) is 27.3 Å². The molecule has 1 saturated heterocycles. The second-order valence-electron chi connectivity index (χ2n) is 7.33. The maximum absolute atomic E-state index is 3.78. The van der Waals surface area contributed by atoms with E-state index in [0.29, 0.717) is 12.1 Å². The van der Waals surface area contributed by atoms with Crippen LogP contribution in [0.15, 0.2) is 0 Å². The molecule has 102 valence electrons. The van der Waals surface area contributed by atoms with Crippen molar-refractivity contribution < 1.29 is 0 Å². The average molecular weight is 241 g/mol. The number of hydrogen-bond acceptors (Lipinski definition) is 3. The van der Waals surface area contributed by atoms with Crippen LogP contribution in [0.25, 0.3) is 0 Å². The van der Waals surface area contributed by atoms with Crippen LogP contribution in [-0.2, 0) is 0 Å². The van der Waals surface area contributed by atoms with Gasteiger partial charge in [-0.3, -0.25) is 0 Å². The minimum absolute atomic E-state index is 0.233. The Morgan fingerprint density at radius 2 is 1.65 bits per heavy atom. The van der Waals surface area contributed by atoms with Crippen molar-refractivity contribution >= 4 is 0 Å². The zero-order chi connectivity index (χ0) is 13.3. The van der Waals surface area contributed by atoms with Gasteiger partial charge in [-0.25, -0.2) is 0 Å². The SMILES string of the molecule is CC(CN(C)C)NC1CC(C)(C)NC(C)(C)C1.